The summed E-state index contributed by atoms with van der Waals surface area (Å²) in [6, 6.07) is 10.5. The maximum absolute atomic E-state index is 9.82. The second-order valence-electron chi connectivity index (χ2n) is 4.34. The van der Waals surface area contributed by atoms with Crippen LogP contribution < -0.4 is 5.32 Å². The molecule has 1 aromatic carbocycles. The van der Waals surface area contributed by atoms with E-state index in [1.807, 2.05) is 18.2 Å². The number of nitrogens with one attached hydrogen (secondary N) is 1. The number of rotatable bonds is 3. The molecule has 3 atom stereocenters. The zero-order valence-corrected chi connectivity index (χ0v) is 9.60. The summed E-state index contributed by atoms with van der Waals surface area (Å²) in [6.07, 6.45) is 0.430. The fourth-order valence-corrected chi connectivity index (χ4v) is 2.04. The standard InChI is InChI=1S/C13H19NO2/c1-10(11-5-3-2-4-6-11)14-12-9-16-8-7-13(12)15/h2-6,10,12-15H,7-9H2,1H3/t10-,12?,13-/m0/s1. The molecule has 0 aromatic heterocycles. The largest absolute Gasteiger partial charge is 0.391 e. The average molecular weight is 221 g/mol. The maximum Gasteiger partial charge on any atom is 0.0737 e. The van der Waals surface area contributed by atoms with Crippen LogP contribution in [0.5, 0.6) is 0 Å². The smallest absolute Gasteiger partial charge is 0.0737 e. The molecule has 88 valence electrons. The van der Waals surface area contributed by atoms with E-state index >= 15 is 0 Å². The van der Waals surface area contributed by atoms with Crippen LogP contribution >= 0.6 is 0 Å². The van der Waals surface area contributed by atoms with Crippen LogP contribution in [0.1, 0.15) is 24.9 Å². The summed E-state index contributed by atoms with van der Waals surface area (Å²) in [5, 5.41) is 13.2. The molecule has 0 saturated carbocycles. The number of aliphatic hydroxyl groups is 1. The van der Waals surface area contributed by atoms with E-state index in [9.17, 15) is 5.11 Å². The van der Waals surface area contributed by atoms with Crippen molar-refractivity contribution in [1.29, 1.82) is 0 Å². The molecule has 0 spiro atoms. The highest BCUT2D eigenvalue weighted by Gasteiger charge is 2.24. The van der Waals surface area contributed by atoms with Gasteiger partial charge in [-0.2, -0.15) is 0 Å². The van der Waals surface area contributed by atoms with Gasteiger partial charge in [-0.25, -0.2) is 0 Å². The first-order chi connectivity index (χ1) is 7.77. The van der Waals surface area contributed by atoms with Gasteiger partial charge in [-0.1, -0.05) is 30.3 Å². The first-order valence-electron chi connectivity index (χ1n) is 5.84. The van der Waals surface area contributed by atoms with E-state index in [-0.39, 0.29) is 18.2 Å². The molecule has 16 heavy (non-hydrogen) atoms. The van der Waals surface area contributed by atoms with Crippen molar-refractivity contribution in [2.24, 2.45) is 0 Å². The van der Waals surface area contributed by atoms with E-state index in [0.717, 1.165) is 6.42 Å². The summed E-state index contributed by atoms with van der Waals surface area (Å²) >= 11 is 0. The van der Waals surface area contributed by atoms with Crippen LogP contribution in [0.4, 0.5) is 0 Å². The highest BCUT2D eigenvalue weighted by atomic mass is 16.5. The molecule has 1 heterocycles. The summed E-state index contributed by atoms with van der Waals surface area (Å²) in [6.45, 7) is 3.37. The second kappa shape index (κ2) is 5.43. The highest BCUT2D eigenvalue weighted by Crippen LogP contribution is 2.15. The van der Waals surface area contributed by atoms with Gasteiger partial charge in [-0.05, 0) is 18.9 Å². The number of aliphatic hydroxyl groups excluding tert-OH is 1. The fraction of sp³-hybridized carbons (Fsp3) is 0.538. The molecule has 0 aliphatic carbocycles. The van der Waals surface area contributed by atoms with E-state index < -0.39 is 0 Å². The van der Waals surface area contributed by atoms with Gasteiger partial charge in [-0.15, -0.1) is 0 Å². The number of hydrogen-bond donors (Lipinski definition) is 2. The molecule has 0 amide bonds. The number of ether oxygens (including phenoxy) is 1. The van der Waals surface area contributed by atoms with Crippen molar-refractivity contribution in [3.8, 4) is 0 Å². The third-order valence-electron chi connectivity index (χ3n) is 3.08. The number of hydrogen-bond acceptors (Lipinski definition) is 3. The van der Waals surface area contributed by atoms with Gasteiger partial charge in [0.05, 0.1) is 18.8 Å². The summed E-state index contributed by atoms with van der Waals surface area (Å²) in [5.41, 5.74) is 1.24. The summed E-state index contributed by atoms with van der Waals surface area (Å²) in [4.78, 5) is 0. The maximum atomic E-state index is 9.82. The minimum absolute atomic E-state index is 0.0453. The third kappa shape index (κ3) is 2.82. The molecule has 2 rings (SSSR count). The Balaban J connectivity index is 1.94. The van der Waals surface area contributed by atoms with Gasteiger partial charge in [0.1, 0.15) is 0 Å². The highest BCUT2D eigenvalue weighted by molar-refractivity contribution is 5.18. The number of benzene rings is 1. The van der Waals surface area contributed by atoms with Gasteiger partial charge in [0.15, 0.2) is 0 Å². The van der Waals surface area contributed by atoms with Gasteiger partial charge in [0.25, 0.3) is 0 Å². The zero-order chi connectivity index (χ0) is 11.4. The third-order valence-corrected chi connectivity index (χ3v) is 3.08. The monoisotopic (exact) mass is 221 g/mol. The van der Waals surface area contributed by atoms with E-state index in [4.69, 9.17) is 4.74 Å². The predicted octanol–water partition coefficient (Wildman–Crippen LogP) is 1.49. The van der Waals surface area contributed by atoms with Crippen LogP contribution in [-0.2, 0) is 4.74 Å². The van der Waals surface area contributed by atoms with E-state index in [0.29, 0.717) is 13.2 Å². The Morgan fingerprint density at radius 2 is 2.12 bits per heavy atom. The minimum atomic E-state index is -0.292. The van der Waals surface area contributed by atoms with Crippen LogP contribution in [0, 0.1) is 0 Å². The van der Waals surface area contributed by atoms with Crippen LogP contribution in [0.15, 0.2) is 30.3 Å². The van der Waals surface area contributed by atoms with Crippen molar-refractivity contribution >= 4 is 0 Å². The molecule has 1 fully saturated rings. The van der Waals surface area contributed by atoms with Crippen molar-refractivity contribution in [3.63, 3.8) is 0 Å². The Morgan fingerprint density at radius 1 is 1.38 bits per heavy atom. The van der Waals surface area contributed by atoms with Crippen molar-refractivity contribution in [1.82, 2.24) is 5.32 Å². The molecule has 1 saturated heterocycles. The minimum Gasteiger partial charge on any atom is -0.391 e. The lowest BCUT2D eigenvalue weighted by atomic mass is 10.0. The van der Waals surface area contributed by atoms with Crippen molar-refractivity contribution in [2.75, 3.05) is 13.2 Å². The normalized spacial score (nSPS) is 27.6. The Morgan fingerprint density at radius 3 is 2.81 bits per heavy atom. The van der Waals surface area contributed by atoms with Crippen molar-refractivity contribution in [3.05, 3.63) is 35.9 Å². The van der Waals surface area contributed by atoms with Crippen molar-refractivity contribution in [2.45, 2.75) is 31.5 Å². The van der Waals surface area contributed by atoms with Crippen LogP contribution in [-0.4, -0.2) is 30.5 Å². The topological polar surface area (TPSA) is 41.5 Å². The SMILES string of the molecule is C[C@H](NC1COCC[C@@H]1O)c1ccccc1. The summed E-state index contributed by atoms with van der Waals surface area (Å²) < 4.78 is 5.37. The first kappa shape index (κ1) is 11.6. The Hall–Kier alpha value is -0.900. The molecular formula is C13H19NO2. The zero-order valence-electron chi connectivity index (χ0n) is 9.60. The van der Waals surface area contributed by atoms with Crippen LogP contribution in [0.2, 0.25) is 0 Å². The summed E-state index contributed by atoms with van der Waals surface area (Å²) in [5.74, 6) is 0. The van der Waals surface area contributed by atoms with Gasteiger partial charge in [-0.3, -0.25) is 0 Å². The van der Waals surface area contributed by atoms with Gasteiger partial charge in [0.2, 0.25) is 0 Å². The van der Waals surface area contributed by atoms with Crippen LogP contribution in [0.3, 0.4) is 0 Å². The molecule has 1 aliphatic rings. The van der Waals surface area contributed by atoms with E-state index in [1.54, 1.807) is 0 Å². The van der Waals surface area contributed by atoms with Gasteiger partial charge < -0.3 is 15.2 Å². The molecule has 0 bridgehead atoms. The molecular weight excluding hydrogens is 202 g/mol. The first-order valence-corrected chi connectivity index (χ1v) is 5.84. The second-order valence-corrected chi connectivity index (χ2v) is 4.34. The molecule has 1 aliphatic heterocycles. The van der Waals surface area contributed by atoms with E-state index in [1.165, 1.54) is 5.56 Å². The average Bonchev–Trinajstić information content (AvgIpc) is 2.33. The Labute approximate surface area is 96.4 Å². The van der Waals surface area contributed by atoms with Crippen molar-refractivity contribution < 1.29 is 9.84 Å². The molecule has 2 N–H and O–H groups in total. The molecule has 1 unspecified atom stereocenters. The fourth-order valence-electron chi connectivity index (χ4n) is 2.04. The quantitative estimate of drug-likeness (QED) is 0.812. The van der Waals surface area contributed by atoms with E-state index in [2.05, 4.69) is 24.4 Å². The molecule has 0 radical (unpaired) electrons. The molecule has 3 nitrogen and oxygen atoms in total. The van der Waals surface area contributed by atoms with Crippen LogP contribution in [0.25, 0.3) is 0 Å². The lowest BCUT2D eigenvalue weighted by Crippen LogP contribution is -2.47. The Bertz CT molecular complexity index is 315. The van der Waals surface area contributed by atoms with Gasteiger partial charge in [0, 0.05) is 12.6 Å². The molecule has 3 heteroatoms. The summed E-state index contributed by atoms with van der Waals surface area (Å²) in [7, 11) is 0. The Kier molecular flexibility index (Phi) is 3.93. The van der Waals surface area contributed by atoms with Gasteiger partial charge >= 0.3 is 0 Å². The lowest BCUT2D eigenvalue weighted by Gasteiger charge is -2.31. The lowest BCUT2D eigenvalue weighted by molar-refractivity contribution is -0.0185. The predicted molar refractivity (Wildman–Crippen MR) is 63.2 cm³/mol. The molecule has 1 aromatic rings.